The lowest BCUT2D eigenvalue weighted by Crippen LogP contribution is -2.60. The predicted octanol–water partition coefficient (Wildman–Crippen LogP) is 2.62. The summed E-state index contributed by atoms with van der Waals surface area (Å²) in [6.07, 6.45) is 0.177. The van der Waals surface area contributed by atoms with Crippen LogP contribution in [0.3, 0.4) is 0 Å². The average molecular weight is 434 g/mol. The Morgan fingerprint density at radius 1 is 1.13 bits per heavy atom. The van der Waals surface area contributed by atoms with E-state index in [4.69, 9.17) is 28.4 Å². The van der Waals surface area contributed by atoms with Crippen molar-refractivity contribution in [1.29, 1.82) is 0 Å². The Kier molecular flexibility index (Phi) is 5.87. The first kappa shape index (κ1) is 22.2. The van der Waals surface area contributed by atoms with E-state index in [1.807, 2.05) is 51.1 Å². The molecule has 3 heterocycles. The maximum atomic E-state index is 12.4. The average Bonchev–Trinajstić information content (AvgIpc) is 3.17. The fraction of sp³-hybridized carbons (Fsp3) is 0.609. The van der Waals surface area contributed by atoms with E-state index in [0.29, 0.717) is 12.2 Å². The van der Waals surface area contributed by atoms with Crippen molar-refractivity contribution >= 4 is 5.97 Å². The second-order valence-corrected chi connectivity index (χ2v) is 9.08. The van der Waals surface area contributed by atoms with Crippen LogP contribution in [0, 0.1) is 0 Å². The molecule has 4 atom stereocenters. The largest absolute Gasteiger partial charge is 0.457 e. The van der Waals surface area contributed by atoms with Crippen molar-refractivity contribution in [2.45, 2.75) is 76.8 Å². The molecule has 3 saturated heterocycles. The van der Waals surface area contributed by atoms with Gasteiger partial charge in [0.25, 0.3) is 0 Å². The van der Waals surface area contributed by atoms with Gasteiger partial charge in [-0.3, -0.25) is 0 Å². The van der Waals surface area contributed by atoms with Crippen molar-refractivity contribution in [2.75, 3.05) is 13.2 Å². The molecule has 3 fully saturated rings. The number of hydrogen-bond acceptors (Lipinski definition) is 8. The van der Waals surface area contributed by atoms with Crippen LogP contribution < -0.4 is 5.32 Å². The fourth-order valence-corrected chi connectivity index (χ4v) is 4.23. The monoisotopic (exact) mass is 433 g/mol. The molecule has 0 saturated carbocycles. The molecule has 0 bridgehead atoms. The number of esters is 1. The molecule has 0 unspecified atom stereocenters. The first-order chi connectivity index (χ1) is 14.6. The lowest BCUT2D eigenvalue weighted by Gasteiger charge is -2.40. The van der Waals surface area contributed by atoms with E-state index in [1.54, 1.807) is 13.8 Å². The van der Waals surface area contributed by atoms with Crippen LogP contribution in [0.4, 0.5) is 0 Å². The maximum absolute atomic E-state index is 12.4. The molecule has 0 aromatic heterocycles. The van der Waals surface area contributed by atoms with Crippen molar-refractivity contribution in [3.05, 3.63) is 47.7 Å². The molecule has 0 amide bonds. The van der Waals surface area contributed by atoms with Gasteiger partial charge in [0.1, 0.15) is 24.9 Å². The Hall–Kier alpha value is -1.97. The number of benzene rings is 1. The second-order valence-electron chi connectivity index (χ2n) is 9.08. The van der Waals surface area contributed by atoms with Gasteiger partial charge in [-0.2, -0.15) is 0 Å². The number of carbonyl (C=O) groups is 1. The molecule has 31 heavy (non-hydrogen) atoms. The zero-order valence-corrected chi connectivity index (χ0v) is 18.7. The van der Waals surface area contributed by atoms with Crippen molar-refractivity contribution in [2.24, 2.45) is 0 Å². The van der Waals surface area contributed by atoms with Crippen LogP contribution in [0.2, 0.25) is 0 Å². The zero-order valence-electron chi connectivity index (χ0n) is 18.7. The van der Waals surface area contributed by atoms with Crippen molar-refractivity contribution in [3.8, 4) is 0 Å². The summed E-state index contributed by atoms with van der Waals surface area (Å²) in [5.41, 5.74) is 1.82. The third-order valence-electron chi connectivity index (χ3n) is 5.44. The van der Waals surface area contributed by atoms with Crippen LogP contribution in [0.15, 0.2) is 42.1 Å². The van der Waals surface area contributed by atoms with Crippen molar-refractivity contribution in [1.82, 2.24) is 5.32 Å². The standard InChI is InChI=1S/C23H31NO7/c1-15(24-12-16-9-7-6-8-10-16)11-18(25)26-14-23-20(30-22(4,5)31-23)19-17(13-27-23)28-21(2,3)29-19/h6-11,17,19-20,24H,12-14H2,1-5H3/b15-11+/t17-,19-,20+,23+/m1/s1. The summed E-state index contributed by atoms with van der Waals surface area (Å²) >= 11 is 0. The third-order valence-corrected chi connectivity index (χ3v) is 5.44. The summed E-state index contributed by atoms with van der Waals surface area (Å²) in [4.78, 5) is 12.4. The summed E-state index contributed by atoms with van der Waals surface area (Å²) in [6, 6.07) is 9.94. The lowest BCUT2D eigenvalue weighted by molar-refractivity contribution is -0.295. The van der Waals surface area contributed by atoms with Crippen molar-refractivity contribution in [3.63, 3.8) is 0 Å². The summed E-state index contributed by atoms with van der Waals surface area (Å²) in [5, 5.41) is 3.20. The maximum Gasteiger partial charge on any atom is 0.332 e. The van der Waals surface area contributed by atoms with E-state index in [-0.39, 0.29) is 25.4 Å². The van der Waals surface area contributed by atoms with E-state index >= 15 is 0 Å². The van der Waals surface area contributed by atoms with Crippen LogP contribution in [-0.2, 0) is 39.8 Å². The van der Waals surface area contributed by atoms with Gasteiger partial charge in [-0.05, 0) is 40.2 Å². The van der Waals surface area contributed by atoms with Gasteiger partial charge in [-0.1, -0.05) is 30.3 Å². The zero-order chi connectivity index (χ0) is 22.3. The molecule has 8 nitrogen and oxygen atoms in total. The highest BCUT2D eigenvalue weighted by molar-refractivity contribution is 5.82. The summed E-state index contributed by atoms with van der Waals surface area (Å²) in [5.74, 6) is -3.39. The SMILES string of the molecule is C/C(=C\C(=O)OC[C@@]12OC[C@H]3OC(C)(C)O[C@H]3[C@@H]1OC(C)(C)O2)NCc1ccccc1. The Balaban J connectivity index is 1.38. The van der Waals surface area contributed by atoms with E-state index < -0.39 is 29.4 Å². The number of ether oxygens (including phenoxy) is 6. The van der Waals surface area contributed by atoms with Crippen LogP contribution in [-0.4, -0.2) is 54.9 Å². The van der Waals surface area contributed by atoms with Gasteiger partial charge in [0.05, 0.1) is 6.61 Å². The van der Waals surface area contributed by atoms with Crippen LogP contribution in [0.25, 0.3) is 0 Å². The third kappa shape index (κ3) is 4.94. The number of fused-ring (bicyclic) bond motifs is 3. The topological polar surface area (TPSA) is 84.5 Å². The Labute approximate surface area is 182 Å². The Morgan fingerprint density at radius 3 is 2.61 bits per heavy atom. The van der Waals surface area contributed by atoms with Gasteiger partial charge in [0, 0.05) is 18.3 Å². The van der Waals surface area contributed by atoms with E-state index in [9.17, 15) is 4.79 Å². The van der Waals surface area contributed by atoms with E-state index in [2.05, 4.69) is 5.32 Å². The molecule has 0 aliphatic carbocycles. The Morgan fingerprint density at radius 2 is 1.87 bits per heavy atom. The van der Waals surface area contributed by atoms with Gasteiger partial charge >= 0.3 is 5.97 Å². The van der Waals surface area contributed by atoms with Crippen LogP contribution in [0.5, 0.6) is 0 Å². The molecule has 0 spiro atoms. The highest BCUT2D eigenvalue weighted by atomic mass is 16.9. The molecule has 1 aromatic rings. The molecule has 170 valence electrons. The van der Waals surface area contributed by atoms with Gasteiger partial charge in [-0.25, -0.2) is 4.79 Å². The fourth-order valence-electron chi connectivity index (χ4n) is 4.23. The van der Waals surface area contributed by atoms with Crippen LogP contribution in [0.1, 0.15) is 40.2 Å². The predicted molar refractivity (Wildman–Crippen MR) is 111 cm³/mol. The van der Waals surface area contributed by atoms with E-state index in [1.165, 1.54) is 6.08 Å². The summed E-state index contributed by atoms with van der Waals surface area (Å²) < 4.78 is 35.7. The molecule has 3 aliphatic rings. The molecule has 8 heteroatoms. The molecule has 3 aliphatic heterocycles. The number of rotatable bonds is 6. The van der Waals surface area contributed by atoms with Gasteiger partial charge < -0.3 is 33.7 Å². The minimum atomic E-state index is -1.25. The molecular weight excluding hydrogens is 402 g/mol. The number of hydrogen-bond donors (Lipinski definition) is 1. The lowest BCUT2D eigenvalue weighted by atomic mass is 9.97. The number of carbonyl (C=O) groups excluding carboxylic acids is 1. The smallest absolute Gasteiger partial charge is 0.332 e. The number of nitrogens with one attached hydrogen (secondary N) is 1. The van der Waals surface area contributed by atoms with Crippen LogP contribution >= 0.6 is 0 Å². The minimum absolute atomic E-state index is 0.116. The molecular formula is C23H31NO7. The molecule has 0 radical (unpaired) electrons. The first-order valence-electron chi connectivity index (χ1n) is 10.6. The van der Waals surface area contributed by atoms with E-state index in [0.717, 1.165) is 5.56 Å². The van der Waals surface area contributed by atoms with Gasteiger partial charge in [0.2, 0.25) is 5.79 Å². The quantitative estimate of drug-likeness (QED) is 0.541. The van der Waals surface area contributed by atoms with Gasteiger partial charge in [-0.15, -0.1) is 0 Å². The normalized spacial score (nSPS) is 33.5. The summed E-state index contributed by atoms with van der Waals surface area (Å²) in [6.45, 7) is 9.87. The summed E-state index contributed by atoms with van der Waals surface area (Å²) in [7, 11) is 0. The number of allylic oxidation sites excluding steroid dienone is 1. The molecule has 4 rings (SSSR count). The second kappa shape index (κ2) is 8.18. The van der Waals surface area contributed by atoms with Crippen molar-refractivity contribution < 1.29 is 33.2 Å². The Bertz CT molecular complexity index is 838. The minimum Gasteiger partial charge on any atom is -0.457 e. The molecule has 1 N–H and O–H groups in total. The molecule has 1 aromatic carbocycles. The highest BCUT2D eigenvalue weighted by Gasteiger charge is 2.65. The highest BCUT2D eigenvalue weighted by Crippen LogP contribution is 2.47. The van der Waals surface area contributed by atoms with Gasteiger partial charge in [0.15, 0.2) is 11.6 Å². The first-order valence-corrected chi connectivity index (χ1v) is 10.6.